The molecule has 0 rings (SSSR count). The lowest BCUT2D eigenvalue weighted by Crippen LogP contribution is -2.09. The van der Waals surface area contributed by atoms with Gasteiger partial charge in [-0.1, -0.05) is 19.1 Å². The molecule has 0 aromatic heterocycles. The quantitative estimate of drug-likeness (QED) is 0.574. The lowest BCUT2D eigenvalue weighted by atomic mass is 10.1. The molecule has 0 saturated carbocycles. The number of hydrogen-bond acceptors (Lipinski definition) is 1. The summed E-state index contributed by atoms with van der Waals surface area (Å²) in [5.74, 6) is 0.682. The summed E-state index contributed by atoms with van der Waals surface area (Å²) >= 11 is 0. The van der Waals surface area contributed by atoms with Crippen LogP contribution in [-0.2, 0) is 0 Å². The molecule has 0 saturated heterocycles. The van der Waals surface area contributed by atoms with Gasteiger partial charge < -0.3 is 5.73 Å². The van der Waals surface area contributed by atoms with Gasteiger partial charge >= 0.3 is 0 Å². The molecule has 0 heterocycles. The van der Waals surface area contributed by atoms with E-state index in [1.165, 1.54) is 12.8 Å². The number of hydrogen-bond donors (Lipinski definition) is 1. The lowest BCUT2D eigenvalue weighted by Gasteiger charge is -2.03. The molecule has 0 aromatic rings. The largest absolute Gasteiger partial charge is 0.330 e. The molecule has 0 aliphatic heterocycles. The van der Waals surface area contributed by atoms with Crippen LogP contribution in [0, 0.1) is 5.92 Å². The molecule has 0 aliphatic carbocycles. The maximum atomic E-state index is 5.43. The van der Waals surface area contributed by atoms with Crippen LogP contribution in [0.3, 0.4) is 0 Å². The first kappa shape index (κ1) is 8.70. The standard InChI is InChI=1S/C8H17N/c1-3-4-5-6-8(2)7-9/h3-4,8H,5-7,9H2,1-2H3. The van der Waals surface area contributed by atoms with Crippen molar-refractivity contribution in [2.75, 3.05) is 6.54 Å². The van der Waals surface area contributed by atoms with E-state index in [9.17, 15) is 0 Å². The Balaban J connectivity index is 3.06. The maximum Gasteiger partial charge on any atom is -0.00514 e. The highest BCUT2D eigenvalue weighted by Gasteiger charge is 1.94. The Morgan fingerprint density at radius 3 is 2.67 bits per heavy atom. The molecule has 1 heteroatoms. The fraction of sp³-hybridized carbons (Fsp3) is 0.750. The van der Waals surface area contributed by atoms with E-state index in [0.29, 0.717) is 5.92 Å². The molecule has 0 aromatic carbocycles. The molecule has 0 aliphatic rings. The fourth-order valence-electron chi connectivity index (χ4n) is 0.665. The van der Waals surface area contributed by atoms with Crippen molar-refractivity contribution < 1.29 is 0 Å². The van der Waals surface area contributed by atoms with E-state index in [0.717, 1.165) is 6.54 Å². The van der Waals surface area contributed by atoms with E-state index >= 15 is 0 Å². The summed E-state index contributed by atoms with van der Waals surface area (Å²) in [6, 6.07) is 0. The summed E-state index contributed by atoms with van der Waals surface area (Å²) in [6.45, 7) is 5.05. The molecule has 0 bridgehead atoms. The first-order chi connectivity index (χ1) is 4.31. The van der Waals surface area contributed by atoms with Crippen LogP contribution in [0.4, 0.5) is 0 Å². The second-order valence-electron chi connectivity index (χ2n) is 2.49. The van der Waals surface area contributed by atoms with Gasteiger partial charge in [0.15, 0.2) is 0 Å². The van der Waals surface area contributed by atoms with Crippen molar-refractivity contribution in [1.29, 1.82) is 0 Å². The predicted molar refractivity (Wildman–Crippen MR) is 42.3 cm³/mol. The van der Waals surface area contributed by atoms with Crippen molar-refractivity contribution in [3.8, 4) is 0 Å². The van der Waals surface area contributed by atoms with E-state index in [2.05, 4.69) is 19.1 Å². The minimum Gasteiger partial charge on any atom is -0.330 e. The number of allylic oxidation sites excluding steroid dienone is 2. The average molecular weight is 127 g/mol. The normalized spacial score (nSPS) is 14.6. The van der Waals surface area contributed by atoms with Crippen molar-refractivity contribution >= 4 is 0 Å². The van der Waals surface area contributed by atoms with Crippen LogP contribution in [0.15, 0.2) is 12.2 Å². The fourth-order valence-corrected chi connectivity index (χ4v) is 0.665. The van der Waals surface area contributed by atoms with E-state index in [4.69, 9.17) is 5.73 Å². The summed E-state index contributed by atoms with van der Waals surface area (Å²) in [5, 5.41) is 0. The van der Waals surface area contributed by atoms with Crippen molar-refractivity contribution in [2.24, 2.45) is 11.7 Å². The van der Waals surface area contributed by atoms with E-state index in [-0.39, 0.29) is 0 Å². The summed E-state index contributed by atoms with van der Waals surface area (Å²) in [5.41, 5.74) is 5.43. The Kier molecular flexibility index (Phi) is 5.64. The molecule has 9 heavy (non-hydrogen) atoms. The van der Waals surface area contributed by atoms with Crippen molar-refractivity contribution in [3.63, 3.8) is 0 Å². The van der Waals surface area contributed by atoms with Crippen LogP contribution >= 0.6 is 0 Å². The molecule has 1 unspecified atom stereocenters. The van der Waals surface area contributed by atoms with Gasteiger partial charge in [-0.15, -0.1) is 0 Å². The van der Waals surface area contributed by atoms with Gasteiger partial charge in [0.2, 0.25) is 0 Å². The van der Waals surface area contributed by atoms with Crippen LogP contribution in [-0.4, -0.2) is 6.54 Å². The molecular formula is C8H17N. The molecule has 0 spiro atoms. The zero-order valence-electron chi connectivity index (χ0n) is 6.43. The van der Waals surface area contributed by atoms with Gasteiger partial charge in [0.1, 0.15) is 0 Å². The smallest absolute Gasteiger partial charge is 0.00514 e. The average Bonchev–Trinajstić information content (AvgIpc) is 1.89. The van der Waals surface area contributed by atoms with Gasteiger partial charge in [0.25, 0.3) is 0 Å². The zero-order chi connectivity index (χ0) is 7.11. The van der Waals surface area contributed by atoms with Crippen LogP contribution < -0.4 is 5.73 Å². The van der Waals surface area contributed by atoms with Gasteiger partial charge in [-0.2, -0.15) is 0 Å². The Hall–Kier alpha value is -0.300. The van der Waals surface area contributed by atoms with E-state index in [1.807, 2.05) is 6.92 Å². The summed E-state index contributed by atoms with van der Waals surface area (Å²) < 4.78 is 0. The van der Waals surface area contributed by atoms with Gasteiger partial charge in [0, 0.05) is 0 Å². The van der Waals surface area contributed by atoms with Crippen molar-refractivity contribution in [1.82, 2.24) is 0 Å². The Bertz CT molecular complexity index is 76.6. The van der Waals surface area contributed by atoms with Crippen LogP contribution in [0.2, 0.25) is 0 Å². The number of nitrogens with two attached hydrogens (primary N) is 1. The third-order valence-electron chi connectivity index (χ3n) is 1.46. The molecule has 0 radical (unpaired) electrons. The monoisotopic (exact) mass is 127 g/mol. The molecule has 1 atom stereocenters. The Morgan fingerprint density at radius 1 is 1.56 bits per heavy atom. The molecular weight excluding hydrogens is 110 g/mol. The highest BCUT2D eigenvalue weighted by atomic mass is 14.5. The Morgan fingerprint density at radius 2 is 2.22 bits per heavy atom. The molecule has 54 valence electrons. The third kappa shape index (κ3) is 5.57. The van der Waals surface area contributed by atoms with Crippen molar-refractivity contribution in [2.45, 2.75) is 26.7 Å². The van der Waals surface area contributed by atoms with Crippen LogP contribution in [0.5, 0.6) is 0 Å². The minimum atomic E-state index is 0.682. The van der Waals surface area contributed by atoms with Gasteiger partial charge in [0.05, 0.1) is 0 Å². The first-order valence-electron chi connectivity index (χ1n) is 3.62. The predicted octanol–water partition coefficient (Wildman–Crippen LogP) is 1.94. The highest BCUT2D eigenvalue weighted by Crippen LogP contribution is 2.02. The van der Waals surface area contributed by atoms with Gasteiger partial charge in [-0.3, -0.25) is 0 Å². The number of rotatable bonds is 4. The molecule has 0 amide bonds. The zero-order valence-corrected chi connectivity index (χ0v) is 6.43. The second kappa shape index (κ2) is 5.83. The molecule has 2 N–H and O–H groups in total. The summed E-state index contributed by atoms with van der Waals surface area (Å²) in [7, 11) is 0. The topological polar surface area (TPSA) is 26.0 Å². The minimum absolute atomic E-state index is 0.682. The Labute approximate surface area is 57.9 Å². The van der Waals surface area contributed by atoms with Gasteiger partial charge in [-0.25, -0.2) is 0 Å². The van der Waals surface area contributed by atoms with Crippen LogP contribution in [0.25, 0.3) is 0 Å². The van der Waals surface area contributed by atoms with Gasteiger partial charge in [-0.05, 0) is 32.2 Å². The second-order valence-corrected chi connectivity index (χ2v) is 2.49. The summed E-state index contributed by atoms with van der Waals surface area (Å²) in [4.78, 5) is 0. The molecule has 1 nitrogen and oxygen atoms in total. The van der Waals surface area contributed by atoms with E-state index < -0.39 is 0 Å². The van der Waals surface area contributed by atoms with E-state index in [1.54, 1.807) is 0 Å². The summed E-state index contributed by atoms with van der Waals surface area (Å²) in [6.07, 6.45) is 6.67. The molecule has 0 fully saturated rings. The van der Waals surface area contributed by atoms with Crippen LogP contribution in [0.1, 0.15) is 26.7 Å². The third-order valence-corrected chi connectivity index (χ3v) is 1.46. The SMILES string of the molecule is CC=CCCC(C)CN. The maximum absolute atomic E-state index is 5.43. The first-order valence-corrected chi connectivity index (χ1v) is 3.62. The van der Waals surface area contributed by atoms with Crippen molar-refractivity contribution in [3.05, 3.63) is 12.2 Å². The lowest BCUT2D eigenvalue weighted by molar-refractivity contribution is 0.550. The highest BCUT2D eigenvalue weighted by molar-refractivity contribution is 4.77.